The molecule has 1 heterocycles. The van der Waals surface area contributed by atoms with Crippen molar-refractivity contribution in [3.8, 4) is 0 Å². The first-order chi connectivity index (χ1) is 9.88. The molecule has 112 valence electrons. The standard InChI is InChI=1S/C15H21N5O/c1-15(2,3)14-18-12(19-20-14)13(21)17-9-11(16)10-7-5-4-6-8-10/h4-8,11H,9,16H2,1-3H3,(H,17,21)(H,18,19,20). The molecule has 0 aliphatic heterocycles. The summed E-state index contributed by atoms with van der Waals surface area (Å²) in [5, 5.41) is 9.49. The molecular formula is C15H21N5O. The van der Waals surface area contributed by atoms with E-state index < -0.39 is 0 Å². The van der Waals surface area contributed by atoms with Crippen LogP contribution < -0.4 is 11.1 Å². The molecule has 0 radical (unpaired) electrons. The molecule has 2 rings (SSSR count). The van der Waals surface area contributed by atoms with Gasteiger partial charge in [0, 0.05) is 18.0 Å². The third kappa shape index (κ3) is 3.88. The molecule has 4 N–H and O–H groups in total. The van der Waals surface area contributed by atoms with Gasteiger partial charge in [0.2, 0.25) is 5.82 Å². The van der Waals surface area contributed by atoms with Crippen LogP contribution in [0.4, 0.5) is 0 Å². The summed E-state index contributed by atoms with van der Waals surface area (Å²) >= 11 is 0. The monoisotopic (exact) mass is 287 g/mol. The van der Waals surface area contributed by atoms with Crippen LogP contribution in [0.15, 0.2) is 30.3 Å². The highest BCUT2D eigenvalue weighted by molar-refractivity contribution is 5.90. The van der Waals surface area contributed by atoms with Crippen molar-refractivity contribution in [3.05, 3.63) is 47.5 Å². The number of aromatic nitrogens is 3. The predicted octanol–water partition coefficient (Wildman–Crippen LogP) is 1.53. The fourth-order valence-corrected chi connectivity index (χ4v) is 1.80. The summed E-state index contributed by atoms with van der Waals surface area (Å²) in [7, 11) is 0. The van der Waals surface area contributed by atoms with E-state index in [9.17, 15) is 4.79 Å². The fourth-order valence-electron chi connectivity index (χ4n) is 1.80. The molecule has 6 nitrogen and oxygen atoms in total. The number of amides is 1. The van der Waals surface area contributed by atoms with E-state index in [0.29, 0.717) is 12.4 Å². The second-order valence-electron chi connectivity index (χ2n) is 5.98. The van der Waals surface area contributed by atoms with Gasteiger partial charge in [-0.05, 0) is 5.56 Å². The van der Waals surface area contributed by atoms with E-state index in [-0.39, 0.29) is 23.2 Å². The number of nitrogens with one attached hydrogen (secondary N) is 2. The van der Waals surface area contributed by atoms with Crippen molar-refractivity contribution in [2.45, 2.75) is 32.2 Å². The molecule has 0 aliphatic rings. The van der Waals surface area contributed by atoms with E-state index in [4.69, 9.17) is 5.73 Å². The lowest BCUT2D eigenvalue weighted by molar-refractivity contribution is 0.0941. The van der Waals surface area contributed by atoms with Crippen LogP contribution in [0.1, 0.15) is 48.8 Å². The number of hydrogen-bond acceptors (Lipinski definition) is 4. The third-order valence-electron chi connectivity index (χ3n) is 3.11. The highest BCUT2D eigenvalue weighted by Crippen LogP contribution is 2.17. The van der Waals surface area contributed by atoms with Gasteiger partial charge in [0.05, 0.1) is 0 Å². The quantitative estimate of drug-likeness (QED) is 0.794. The van der Waals surface area contributed by atoms with Crippen molar-refractivity contribution in [1.29, 1.82) is 0 Å². The number of nitrogens with zero attached hydrogens (tertiary/aromatic N) is 2. The number of aromatic amines is 1. The molecule has 0 fully saturated rings. The average Bonchev–Trinajstić information content (AvgIpc) is 2.95. The molecule has 0 saturated carbocycles. The maximum absolute atomic E-state index is 12.0. The normalized spacial score (nSPS) is 13.0. The molecule has 1 atom stereocenters. The van der Waals surface area contributed by atoms with Crippen LogP contribution in [0.3, 0.4) is 0 Å². The van der Waals surface area contributed by atoms with Crippen LogP contribution in [0.2, 0.25) is 0 Å². The minimum Gasteiger partial charge on any atom is -0.347 e. The molecule has 1 aromatic heterocycles. The van der Waals surface area contributed by atoms with Gasteiger partial charge in [-0.3, -0.25) is 9.89 Å². The average molecular weight is 287 g/mol. The molecule has 1 aromatic carbocycles. The van der Waals surface area contributed by atoms with Crippen molar-refractivity contribution in [3.63, 3.8) is 0 Å². The highest BCUT2D eigenvalue weighted by Gasteiger charge is 2.21. The van der Waals surface area contributed by atoms with Gasteiger partial charge in [-0.25, -0.2) is 4.98 Å². The Balaban J connectivity index is 1.95. The van der Waals surface area contributed by atoms with E-state index in [1.807, 2.05) is 51.1 Å². The predicted molar refractivity (Wildman–Crippen MR) is 80.8 cm³/mol. The Kier molecular flexibility index (Phi) is 4.37. The molecule has 2 aromatic rings. The van der Waals surface area contributed by atoms with E-state index >= 15 is 0 Å². The number of carbonyl (C=O) groups is 1. The number of rotatable bonds is 4. The summed E-state index contributed by atoms with van der Waals surface area (Å²) in [6.07, 6.45) is 0. The summed E-state index contributed by atoms with van der Waals surface area (Å²) in [6, 6.07) is 9.37. The van der Waals surface area contributed by atoms with Gasteiger partial charge in [-0.2, -0.15) is 0 Å². The van der Waals surface area contributed by atoms with Crippen LogP contribution in [0.5, 0.6) is 0 Å². The van der Waals surface area contributed by atoms with Gasteiger partial charge < -0.3 is 11.1 Å². The molecule has 0 saturated heterocycles. The maximum Gasteiger partial charge on any atom is 0.291 e. The number of carbonyl (C=O) groups excluding carboxylic acids is 1. The molecule has 6 heteroatoms. The summed E-state index contributed by atoms with van der Waals surface area (Å²) in [5.41, 5.74) is 6.83. The van der Waals surface area contributed by atoms with E-state index in [0.717, 1.165) is 5.56 Å². The lowest BCUT2D eigenvalue weighted by Crippen LogP contribution is -2.32. The zero-order chi connectivity index (χ0) is 15.5. The number of nitrogens with two attached hydrogens (primary N) is 1. The zero-order valence-electron chi connectivity index (χ0n) is 12.6. The van der Waals surface area contributed by atoms with E-state index in [2.05, 4.69) is 20.5 Å². The van der Waals surface area contributed by atoms with Crippen molar-refractivity contribution in [1.82, 2.24) is 20.5 Å². The van der Waals surface area contributed by atoms with Crippen molar-refractivity contribution in [2.24, 2.45) is 5.73 Å². The highest BCUT2D eigenvalue weighted by atomic mass is 16.2. The Morgan fingerprint density at radius 1 is 1.33 bits per heavy atom. The summed E-state index contributed by atoms with van der Waals surface area (Å²) in [4.78, 5) is 16.2. The van der Waals surface area contributed by atoms with E-state index in [1.165, 1.54) is 0 Å². The molecule has 21 heavy (non-hydrogen) atoms. The minimum atomic E-state index is -0.326. The lowest BCUT2D eigenvalue weighted by atomic mass is 9.96. The van der Waals surface area contributed by atoms with Crippen LogP contribution in [0.25, 0.3) is 0 Å². The van der Waals surface area contributed by atoms with Crippen molar-refractivity contribution >= 4 is 5.91 Å². The maximum atomic E-state index is 12.0. The van der Waals surface area contributed by atoms with Crippen molar-refractivity contribution < 1.29 is 4.79 Å². The van der Waals surface area contributed by atoms with Crippen LogP contribution >= 0.6 is 0 Å². The first-order valence-electron chi connectivity index (χ1n) is 6.89. The van der Waals surface area contributed by atoms with Crippen LogP contribution in [-0.4, -0.2) is 27.6 Å². The van der Waals surface area contributed by atoms with Gasteiger partial charge in [0.15, 0.2) is 0 Å². The second-order valence-corrected chi connectivity index (χ2v) is 5.98. The number of H-pyrrole nitrogens is 1. The van der Waals surface area contributed by atoms with Gasteiger partial charge in [-0.1, -0.05) is 51.1 Å². The lowest BCUT2D eigenvalue weighted by Gasteiger charge is -2.13. The van der Waals surface area contributed by atoms with Crippen molar-refractivity contribution in [2.75, 3.05) is 6.54 Å². The SMILES string of the molecule is CC(C)(C)c1nc(C(=O)NCC(N)c2ccccc2)n[nH]1. The first kappa shape index (κ1) is 15.2. The molecule has 0 aliphatic carbocycles. The Hall–Kier alpha value is -2.21. The van der Waals surface area contributed by atoms with E-state index in [1.54, 1.807) is 0 Å². The largest absolute Gasteiger partial charge is 0.347 e. The third-order valence-corrected chi connectivity index (χ3v) is 3.11. The fraction of sp³-hybridized carbons (Fsp3) is 0.400. The summed E-state index contributed by atoms with van der Waals surface area (Å²) in [6.45, 7) is 6.34. The number of hydrogen-bond donors (Lipinski definition) is 3. The smallest absolute Gasteiger partial charge is 0.291 e. The molecule has 0 bridgehead atoms. The van der Waals surface area contributed by atoms with Crippen LogP contribution in [-0.2, 0) is 5.41 Å². The second kappa shape index (κ2) is 6.05. The van der Waals surface area contributed by atoms with Crippen LogP contribution in [0, 0.1) is 0 Å². The zero-order valence-corrected chi connectivity index (χ0v) is 12.6. The van der Waals surface area contributed by atoms with Gasteiger partial charge in [0.1, 0.15) is 5.82 Å². The number of benzene rings is 1. The summed E-state index contributed by atoms with van der Waals surface area (Å²) in [5.74, 6) is 0.494. The Morgan fingerprint density at radius 3 is 2.57 bits per heavy atom. The topological polar surface area (TPSA) is 96.7 Å². The van der Waals surface area contributed by atoms with Gasteiger partial charge in [-0.15, -0.1) is 5.10 Å². The Morgan fingerprint density at radius 2 is 2.00 bits per heavy atom. The molecule has 0 spiro atoms. The summed E-state index contributed by atoms with van der Waals surface area (Å²) < 4.78 is 0. The molecular weight excluding hydrogens is 266 g/mol. The Bertz CT molecular complexity index is 600. The first-order valence-corrected chi connectivity index (χ1v) is 6.89. The van der Waals surface area contributed by atoms with Gasteiger partial charge in [0.25, 0.3) is 5.91 Å². The Labute approximate surface area is 124 Å². The minimum absolute atomic E-state index is 0.139. The molecule has 1 unspecified atom stereocenters. The van der Waals surface area contributed by atoms with Gasteiger partial charge >= 0.3 is 0 Å². The molecule has 1 amide bonds.